The highest BCUT2D eigenvalue weighted by atomic mass is 35.5. The van der Waals surface area contributed by atoms with Crippen molar-refractivity contribution in [2.24, 2.45) is 0 Å². The number of halogens is 1. The highest BCUT2D eigenvalue weighted by Gasteiger charge is 2.15. The van der Waals surface area contributed by atoms with Crippen molar-refractivity contribution in [3.8, 4) is 0 Å². The molecule has 0 fully saturated rings. The molecule has 1 N–H and O–H groups in total. The predicted octanol–water partition coefficient (Wildman–Crippen LogP) is 4.36. The molecule has 0 saturated heterocycles. The minimum atomic E-state index is -0.661. The molecule has 0 amide bonds. The third kappa shape index (κ3) is 2.50. The summed E-state index contributed by atoms with van der Waals surface area (Å²) >= 11 is 6.06. The first-order chi connectivity index (χ1) is 9.24. The van der Waals surface area contributed by atoms with Crippen molar-refractivity contribution in [3.05, 3.63) is 70.9 Å². The first-order valence-electron chi connectivity index (χ1n) is 6.14. The van der Waals surface area contributed by atoms with Gasteiger partial charge in [-0.1, -0.05) is 54.1 Å². The van der Waals surface area contributed by atoms with Gasteiger partial charge in [-0.3, -0.25) is 0 Å². The van der Waals surface area contributed by atoms with Crippen LogP contribution in [-0.2, 0) is 6.42 Å². The molecule has 0 aliphatic rings. The van der Waals surface area contributed by atoms with E-state index in [9.17, 15) is 5.11 Å². The van der Waals surface area contributed by atoms with Gasteiger partial charge in [0.25, 0.3) is 0 Å². The molecule has 2 aromatic carbocycles. The number of aliphatic hydroxyl groups is 1. The number of rotatable bonds is 3. The second-order valence-electron chi connectivity index (χ2n) is 4.51. The number of hydrogen-bond acceptors (Lipinski definition) is 2. The third-order valence-corrected chi connectivity index (χ3v) is 3.41. The minimum absolute atomic E-state index is 0.526. The Morgan fingerprint density at radius 3 is 2.58 bits per heavy atom. The Labute approximate surface area is 116 Å². The summed E-state index contributed by atoms with van der Waals surface area (Å²) < 4.78 is 5.65. The minimum Gasteiger partial charge on any atom is -0.457 e. The Morgan fingerprint density at radius 2 is 1.84 bits per heavy atom. The molecule has 1 aromatic heterocycles. The van der Waals surface area contributed by atoms with Crippen LogP contribution in [0.1, 0.15) is 17.4 Å². The van der Waals surface area contributed by atoms with Gasteiger partial charge in [-0.2, -0.15) is 0 Å². The summed E-state index contributed by atoms with van der Waals surface area (Å²) in [5.41, 5.74) is 1.70. The van der Waals surface area contributed by atoms with E-state index in [-0.39, 0.29) is 0 Å². The van der Waals surface area contributed by atoms with Gasteiger partial charge in [0.1, 0.15) is 11.9 Å². The molecule has 19 heavy (non-hydrogen) atoms. The highest BCUT2D eigenvalue weighted by molar-refractivity contribution is 6.34. The number of furan rings is 1. The van der Waals surface area contributed by atoms with E-state index >= 15 is 0 Å². The lowest BCUT2D eigenvalue weighted by molar-refractivity contribution is 0.152. The van der Waals surface area contributed by atoms with Gasteiger partial charge < -0.3 is 9.52 Å². The molecule has 0 bridgehead atoms. The lowest BCUT2D eigenvalue weighted by Gasteiger charge is -2.07. The largest absolute Gasteiger partial charge is 0.457 e. The maximum atomic E-state index is 10.2. The fourth-order valence-electron chi connectivity index (χ4n) is 2.15. The van der Waals surface area contributed by atoms with E-state index in [1.54, 1.807) is 6.07 Å². The van der Waals surface area contributed by atoms with Crippen molar-refractivity contribution in [1.82, 2.24) is 0 Å². The summed E-state index contributed by atoms with van der Waals surface area (Å²) in [5.74, 6) is 0.548. The van der Waals surface area contributed by atoms with Gasteiger partial charge in [-0.25, -0.2) is 0 Å². The molecule has 3 aromatic rings. The molecule has 1 heterocycles. The predicted molar refractivity (Wildman–Crippen MR) is 76.3 cm³/mol. The van der Waals surface area contributed by atoms with E-state index in [0.717, 1.165) is 10.9 Å². The SMILES string of the molecule is OC(Cc1ccccc1)c1cc2cccc(Cl)c2o1. The Morgan fingerprint density at radius 1 is 1.05 bits per heavy atom. The first kappa shape index (κ1) is 12.3. The lowest BCUT2D eigenvalue weighted by Crippen LogP contribution is -1.99. The van der Waals surface area contributed by atoms with Crippen molar-refractivity contribution in [2.75, 3.05) is 0 Å². The maximum absolute atomic E-state index is 10.2. The van der Waals surface area contributed by atoms with E-state index in [1.165, 1.54) is 0 Å². The number of para-hydroxylation sites is 1. The van der Waals surface area contributed by atoms with E-state index in [4.69, 9.17) is 16.0 Å². The number of fused-ring (bicyclic) bond motifs is 1. The standard InChI is InChI=1S/C16H13ClO2/c17-13-8-4-7-12-10-15(19-16(12)13)14(18)9-11-5-2-1-3-6-11/h1-8,10,14,18H,9H2. The van der Waals surface area contributed by atoms with Gasteiger partial charge in [0.15, 0.2) is 5.58 Å². The average molecular weight is 273 g/mol. The van der Waals surface area contributed by atoms with Crippen LogP contribution in [-0.4, -0.2) is 5.11 Å². The second-order valence-corrected chi connectivity index (χ2v) is 4.92. The highest BCUT2D eigenvalue weighted by Crippen LogP contribution is 2.30. The van der Waals surface area contributed by atoms with Gasteiger partial charge in [0.05, 0.1) is 5.02 Å². The molecule has 2 nitrogen and oxygen atoms in total. The molecular weight excluding hydrogens is 260 g/mol. The fraction of sp³-hybridized carbons (Fsp3) is 0.125. The zero-order chi connectivity index (χ0) is 13.2. The van der Waals surface area contributed by atoms with E-state index in [1.807, 2.05) is 48.5 Å². The van der Waals surface area contributed by atoms with Gasteiger partial charge in [0, 0.05) is 11.8 Å². The normalized spacial score (nSPS) is 12.7. The molecule has 3 heteroatoms. The van der Waals surface area contributed by atoms with Crippen LogP contribution in [0.5, 0.6) is 0 Å². The molecule has 3 rings (SSSR count). The first-order valence-corrected chi connectivity index (χ1v) is 6.52. The molecule has 0 spiro atoms. The number of aliphatic hydroxyl groups excluding tert-OH is 1. The molecule has 96 valence electrons. The van der Waals surface area contributed by atoms with Gasteiger partial charge in [0.2, 0.25) is 0 Å². The topological polar surface area (TPSA) is 33.4 Å². The van der Waals surface area contributed by atoms with Crippen LogP contribution in [0.2, 0.25) is 5.02 Å². The van der Waals surface area contributed by atoms with Crippen molar-refractivity contribution >= 4 is 22.6 Å². The molecule has 1 unspecified atom stereocenters. The number of benzene rings is 2. The van der Waals surface area contributed by atoms with E-state index < -0.39 is 6.10 Å². The Bertz CT molecular complexity index is 688. The Kier molecular flexibility index (Phi) is 3.28. The summed E-state index contributed by atoms with van der Waals surface area (Å²) in [5, 5.41) is 11.7. The van der Waals surface area contributed by atoms with Crippen molar-refractivity contribution in [1.29, 1.82) is 0 Å². The average Bonchev–Trinajstić information content (AvgIpc) is 2.85. The third-order valence-electron chi connectivity index (χ3n) is 3.12. The van der Waals surface area contributed by atoms with Crippen molar-refractivity contribution in [3.63, 3.8) is 0 Å². The molecule has 0 aliphatic carbocycles. The second kappa shape index (κ2) is 5.08. The van der Waals surface area contributed by atoms with Crippen LogP contribution < -0.4 is 0 Å². The van der Waals surface area contributed by atoms with Crippen LogP contribution in [0.4, 0.5) is 0 Å². The summed E-state index contributed by atoms with van der Waals surface area (Å²) in [6.45, 7) is 0. The monoisotopic (exact) mass is 272 g/mol. The summed E-state index contributed by atoms with van der Waals surface area (Å²) in [6, 6.07) is 17.2. The smallest absolute Gasteiger partial charge is 0.152 e. The van der Waals surface area contributed by atoms with Crippen LogP contribution in [0.25, 0.3) is 11.0 Å². The van der Waals surface area contributed by atoms with Crippen LogP contribution in [0.3, 0.4) is 0 Å². The van der Waals surface area contributed by atoms with Crippen molar-refractivity contribution in [2.45, 2.75) is 12.5 Å². The summed E-state index contributed by atoms with van der Waals surface area (Å²) in [4.78, 5) is 0. The Hall–Kier alpha value is -1.77. The Balaban J connectivity index is 1.89. The fourth-order valence-corrected chi connectivity index (χ4v) is 2.37. The van der Waals surface area contributed by atoms with Crippen LogP contribution in [0.15, 0.2) is 59.0 Å². The van der Waals surface area contributed by atoms with Gasteiger partial charge in [-0.05, 0) is 17.7 Å². The van der Waals surface area contributed by atoms with E-state index in [2.05, 4.69) is 0 Å². The van der Waals surface area contributed by atoms with Crippen molar-refractivity contribution < 1.29 is 9.52 Å². The maximum Gasteiger partial charge on any atom is 0.152 e. The summed E-state index contributed by atoms with van der Waals surface area (Å²) in [6.07, 6.45) is -0.135. The lowest BCUT2D eigenvalue weighted by atomic mass is 10.1. The zero-order valence-corrected chi connectivity index (χ0v) is 11.0. The number of hydrogen-bond donors (Lipinski definition) is 1. The molecule has 0 saturated carbocycles. The van der Waals surface area contributed by atoms with Gasteiger partial charge in [-0.15, -0.1) is 0 Å². The van der Waals surface area contributed by atoms with Gasteiger partial charge >= 0.3 is 0 Å². The molecule has 1 atom stereocenters. The molecular formula is C16H13ClO2. The van der Waals surface area contributed by atoms with Crippen LogP contribution >= 0.6 is 11.6 Å². The van der Waals surface area contributed by atoms with E-state index in [0.29, 0.717) is 22.8 Å². The summed E-state index contributed by atoms with van der Waals surface area (Å²) in [7, 11) is 0. The quantitative estimate of drug-likeness (QED) is 0.768. The zero-order valence-electron chi connectivity index (χ0n) is 10.2. The van der Waals surface area contributed by atoms with Crippen LogP contribution in [0, 0.1) is 0 Å². The molecule has 0 radical (unpaired) electrons. The molecule has 0 aliphatic heterocycles.